The molecule has 1 aliphatic heterocycles. The van der Waals surface area contributed by atoms with Crippen LogP contribution in [0.1, 0.15) is 16.1 Å². The van der Waals surface area contributed by atoms with Gasteiger partial charge < -0.3 is 14.4 Å². The van der Waals surface area contributed by atoms with E-state index in [1.807, 2.05) is 30.5 Å². The Morgan fingerprint density at radius 2 is 1.77 bits per heavy atom. The van der Waals surface area contributed by atoms with Gasteiger partial charge in [-0.3, -0.25) is 9.20 Å². The molecule has 3 heterocycles. The van der Waals surface area contributed by atoms with Gasteiger partial charge in [-0.25, -0.2) is 13.4 Å². The lowest BCUT2D eigenvalue weighted by Gasteiger charge is -2.26. The van der Waals surface area contributed by atoms with Crippen LogP contribution in [0.2, 0.25) is 0 Å². The Kier molecular flexibility index (Phi) is 6.27. The monoisotopic (exact) mass is 491 g/mol. The van der Waals surface area contributed by atoms with Crippen molar-refractivity contribution < 1.29 is 22.7 Å². The summed E-state index contributed by atoms with van der Waals surface area (Å²) in [6.07, 6.45) is 3.44. The summed E-state index contributed by atoms with van der Waals surface area (Å²) in [5.74, 6) is 0.213. The third-order valence-corrected chi connectivity index (χ3v) is 7.77. The topological polar surface area (TPSA) is 90.2 Å². The van der Waals surface area contributed by atoms with Crippen LogP contribution >= 0.6 is 0 Å². The summed E-state index contributed by atoms with van der Waals surface area (Å²) >= 11 is 0. The standard InChI is InChI=1S/C26H25N3O5S/c1-33-24-9-7-19(15-21(24)18-35(31,32)22-5-3-2-4-6-22)20-8-10-25-27-16-23(29(25)17-20)26(30)28-11-13-34-14-12-28/h2-10,15-17H,11-14,18H2,1H3. The van der Waals surface area contributed by atoms with Gasteiger partial charge >= 0.3 is 0 Å². The summed E-state index contributed by atoms with van der Waals surface area (Å²) < 4.78 is 38.6. The van der Waals surface area contributed by atoms with E-state index in [1.165, 1.54) is 7.11 Å². The molecule has 1 saturated heterocycles. The molecule has 35 heavy (non-hydrogen) atoms. The molecule has 0 bridgehead atoms. The second kappa shape index (κ2) is 9.52. The summed E-state index contributed by atoms with van der Waals surface area (Å²) in [4.78, 5) is 19.5. The molecule has 1 amide bonds. The second-order valence-electron chi connectivity index (χ2n) is 8.29. The van der Waals surface area contributed by atoms with Crippen LogP contribution in [-0.4, -0.2) is 62.0 Å². The molecule has 1 aliphatic rings. The van der Waals surface area contributed by atoms with Crippen LogP contribution in [0.4, 0.5) is 0 Å². The van der Waals surface area contributed by atoms with Crippen molar-refractivity contribution in [3.05, 3.63) is 84.3 Å². The van der Waals surface area contributed by atoms with E-state index in [9.17, 15) is 13.2 Å². The average Bonchev–Trinajstić information content (AvgIpc) is 3.32. The number of hydrogen-bond donors (Lipinski definition) is 0. The number of fused-ring (bicyclic) bond motifs is 1. The highest BCUT2D eigenvalue weighted by molar-refractivity contribution is 7.90. The molecule has 2 aromatic carbocycles. The van der Waals surface area contributed by atoms with Crippen LogP contribution in [0.5, 0.6) is 5.75 Å². The first-order valence-electron chi connectivity index (χ1n) is 11.3. The predicted octanol–water partition coefficient (Wildman–Crippen LogP) is 3.46. The van der Waals surface area contributed by atoms with Gasteiger partial charge in [0.15, 0.2) is 9.84 Å². The Hall–Kier alpha value is -3.69. The molecule has 180 valence electrons. The van der Waals surface area contributed by atoms with E-state index in [4.69, 9.17) is 9.47 Å². The number of imidazole rings is 1. The van der Waals surface area contributed by atoms with Crippen molar-refractivity contribution in [3.8, 4) is 16.9 Å². The fraction of sp³-hybridized carbons (Fsp3) is 0.231. The molecule has 0 N–H and O–H groups in total. The molecule has 0 spiro atoms. The Labute approximate surface area is 203 Å². The number of amides is 1. The van der Waals surface area contributed by atoms with Gasteiger partial charge in [0.1, 0.15) is 17.1 Å². The lowest BCUT2D eigenvalue weighted by molar-refractivity contribution is 0.0298. The minimum atomic E-state index is -3.56. The maximum Gasteiger partial charge on any atom is 0.272 e. The number of carbonyl (C=O) groups excluding carboxylic acids is 1. The zero-order chi connectivity index (χ0) is 24.4. The van der Waals surface area contributed by atoms with Gasteiger partial charge in [0.05, 0.1) is 37.2 Å². The number of rotatable bonds is 6. The highest BCUT2D eigenvalue weighted by Gasteiger charge is 2.22. The Morgan fingerprint density at radius 1 is 1.03 bits per heavy atom. The molecular formula is C26H25N3O5S. The maximum atomic E-state index is 13.1. The number of aromatic nitrogens is 2. The number of methoxy groups -OCH3 is 1. The van der Waals surface area contributed by atoms with Crippen LogP contribution < -0.4 is 4.74 Å². The number of sulfone groups is 1. The number of ether oxygens (including phenoxy) is 2. The summed E-state index contributed by atoms with van der Waals surface area (Å²) in [5.41, 5.74) is 3.33. The summed E-state index contributed by atoms with van der Waals surface area (Å²) in [5, 5.41) is 0. The quantitative estimate of drug-likeness (QED) is 0.410. The van der Waals surface area contributed by atoms with E-state index in [1.54, 1.807) is 51.9 Å². The van der Waals surface area contributed by atoms with Gasteiger partial charge in [-0.2, -0.15) is 0 Å². The van der Waals surface area contributed by atoms with Crippen molar-refractivity contribution in [2.45, 2.75) is 10.6 Å². The van der Waals surface area contributed by atoms with Crippen molar-refractivity contribution in [1.29, 1.82) is 0 Å². The predicted molar refractivity (Wildman–Crippen MR) is 131 cm³/mol. The van der Waals surface area contributed by atoms with Crippen LogP contribution in [0, 0.1) is 0 Å². The van der Waals surface area contributed by atoms with Gasteiger partial charge in [0, 0.05) is 24.8 Å². The molecule has 2 aromatic heterocycles. The first kappa shape index (κ1) is 23.1. The van der Waals surface area contributed by atoms with Crippen LogP contribution in [-0.2, 0) is 20.3 Å². The number of carbonyl (C=O) groups is 1. The highest BCUT2D eigenvalue weighted by Crippen LogP contribution is 2.30. The first-order valence-corrected chi connectivity index (χ1v) is 12.9. The minimum Gasteiger partial charge on any atom is -0.496 e. The molecule has 0 saturated carbocycles. The van der Waals surface area contributed by atoms with Crippen LogP contribution in [0.25, 0.3) is 16.8 Å². The van der Waals surface area contributed by atoms with Gasteiger partial charge in [-0.05, 0) is 47.5 Å². The third-order valence-electron chi connectivity index (χ3n) is 6.08. The Balaban J connectivity index is 1.50. The van der Waals surface area contributed by atoms with Gasteiger partial charge in [0.2, 0.25) is 0 Å². The Morgan fingerprint density at radius 3 is 2.51 bits per heavy atom. The number of pyridine rings is 1. The van der Waals surface area contributed by atoms with Crippen LogP contribution in [0.15, 0.2) is 78.0 Å². The van der Waals surface area contributed by atoms with Crippen molar-refractivity contribution in [2.24, 2.45) is 0 Å². The number of morpholine rings is 1. The van der Waals surface area contributed by atoms with E-state index in [0.717, 1.165) is 11.1 Å². The molecule has 4 aromatic rings. The Bertz CT molecular complexity index is 1480. The van der Waals surface area contributed by atoms with Crippen molar-refractivity contribution in [2.75, 3.05) is 33.4 Å². The smallest absolute Gasteiger partial charge is 0.272 e. The van der Waals surface area contributed by atoms with Crippen molar-refractivity contribution >= 4 is 21.4 Å². The lowest BCUT2D eigenvalue weighted by atomic mass is 10.0. The third kappa shape index (κ3) is 4.65. The second-order valence-corrected chi connectivity index (χ2v) is 10.3. The molecule has 5 rings (SSSR count). The molecule has 8 nitrogen and oxygen atoms in total. The van der Waals surface area contributed by atoms with Gasteiger partial charge in [0.25, 0.3) is 5.91 Å². The maximum absolute atomic E-state index is 13.1. The largest absolute Gasteiger partial charge is 0.496 e. The fourth-order valence-corrected chi connectivity index (χ4v) is 5.60. The molecule has 0 aliphatic carbocycles. The minimum absolute atomic E-state index is 0.0951. The van der Waals surface area contributed by atoms with E-state index in [2.05, 4.69) is 4.98 Å². The summed E-state index contributed by atoms with van der Waals surface area (Å²) in [7, 11) is -2.03. The average molecular weight is 492 g/mol. The van der Waals surface area contributed by atoms with E-state index < -0.39 is 9.84 Å². The van der Waals surface area contributed by atoms with Gasteiger partial charge in [-0.1, -0.05) is 24.3 Å². The molecule has 1 fully saturated rings. The van der Waals surface area contributed by atoms with Crippen LogP contribution in [0.3, 0.4) is 0 Å². The SMILES string of the molecule is COc1ccc(-c2ccc3ncc(C(=O)N4CCOCC4)n3c2)cc1CS(=O)(=O)c1ccccc1. The summed E-state index contributed by atoms with van der Waals surface area (Å²) in [6.45, 7) is 2.13. The van der Waals surface area contributed by atoms with Gasteiger partial charge in [-0.15, -0.1) is 0 Å². The van der Waals surface area contributed by atoms with E-state index in [-0.39, 0.29) is 16.6 Å². The molecular weight excluding hydrogens is 466 g/mol. The van der Waals surface area contributed by atoms with E-state index >= 15 is 0 Å². The first-order chi connectivity index (χ1) is 17.0. The summed E-state index contributed by atoms with van der Waals surface area (Å²) in [6, 6.07) is 17.6. The lowest BCUT2D eigenvalue weighted by Crippen LogP contribution is -2.41. The highest BCUT2D eigenvalue weighted by atomic mass is 32.2. The zero-order valence-electron chi connectivity index (χ0n) is 19.3. The molecule has 0 atom stereocenters. The van der Waals surface area contributed by atoms with Crippen molar-refractivity contribution in [3.63, 3.8) is 0 Å². The fourth-order valence-electron chi connectivity index (χ4n) is 4.22. The number of nitrogens with zero attached hydrogens (tertiary/aromatic N) is 3. The normalized spacial score (nSPS) is 14.3. The van der Waals surface area contributed by atoms with E-state index in [0.29, 0.717) is 49.0 Å². The number of hydrogen-bond acceptors (Lipinski definition) is 6. The molecule has 0 unspecified atom stereocenters. The number of benzene rings is 2. The zero-order valence-corrected chi connectivity index (χ0v) is 20.1. The molecule has 9 heteroatoms. The van der Waals surface area contributed by atoms with Crippen molar-refractivity contribution in [1.82, 2.24) is 14.3 Å². The molecule has 0 radical (unpaired) electrons.